The minimum atomic E-state index is -0.322. The highest BCUT2D eigenvalue weighted by molar-refractivity contribution is 6.12. The van der Waals surface area contributed by atoms with Gasteiger partial charge in [0.1, 0.15) is 11.0 Å². The summed E-state index contributed by atoms with van der Waals surface area (Å²) in [6, 6.07) is 10.0. The highest BCUT2D eigenvalue weighted by atomic mass is 16.4. The van der Waals surface area contributed by atoms with Crippen LogP contribution in [0.3, 0.4) is 0 Å². The molecule has 21 heavy (non-hydrogen) atoms. The van der Waals surface area contributed by atoms with E-state index in [2.05, 4.69) is 6.07 Å². The topological polar surface area (TPSA) is 43.4 Å². The third-order valence-electron chi connectivity index (χ3n) is 4.12. The zero-order valence-electron chi connectivity index (χ0n) is 11.9. The average molecular weight is 278 g/mol. The molecule has 0 aliphatic heterocycles. The van der Waals surface area contributed by atoms with Crippen molar-refractivity contribution in [1.82, 2.24) is 0 Å². The molecule has 3 heteroatoms. The van der Waals surface area contributed by atoms with Crippen LogP contribution in [0.4, 0.5) is 0 Å². The fraction of sp³-hybridized carbons (Fsp3) is 0.167. The molecule has 0 atom stereocenters. The van der Waals surface area contributed by atoms with Gasteiger partial charge in [-0.15, -0.1) is 0 Å². The van der Waals surface area contributed by atoms with E-state index in [-0.39, 0.29) is 5.63 Å². The molecular weight excluding hydrogens is 264 g/mol. The van der Waals surface area contributed by atoms with Crippen LogP contribution in [0, 0.1) is 6.92 Å². The van der Waals surface area contributed by atoms with Gasteiger partial charge in [0.25, 0.3) is 0 Å². The number of furan rings is 1. The first-order chi connectivity index (χ1) is 10.2. The van der Waals surface area contributed by atoms with Gasteiger partial charge < -0.3 is 8.83 Å². The van der Waals surface area contributed by atoms with Gasteiger partial charge in [0.2, 0.25) is 0 Å². The SMILES string of the molecule is CCc1coc2c1c(=O)oc1c3cccc(C)c3ccc21. The van der Waals surface area contributed by atoms with Gasteiger partial charge in [-0.2, -0.15) is 0 Å². The molecule has 0 unspecified atom stereocenters. The summed E-state index contributed by atoms with van der Waals surface area (Å²) < 4.78 is 11.3. The Labute approximate surface area is 120 Å². The van der Waals surface area contributed by atoms with Crippen molar-refractivity contribution in [2.75, 3.05) is 0 Å². The maximum Gasteiger partial charge on any atom is 0.347 e. The standard InChI is InChI=1S/C18H14O3/c1-3-11-9-20-17-14-8-7-12-10(2)5-4-6-13(12)16(14)21-18(19)15(11)17/h4-9H,3H2,1-2H3. The third-order valence-corrected chi connectivity index (χ3v) is 4.12. The van der Waals surface area contributed by atoms with Crippen LogP contribution in [0.15, 0.2) is 50.2 Å². The minimum Gasteiger partial charge on any atom is -0.463 e. The first kappa shape index (κ1) is 12.2. The first-order valence-electron chi connectivity index (χ1n) is 7.06. The molecule has 0 spiro atoms. The Morgan fingerprint density at radius 1 is 1.00 bits per heavy atom. The summed E-state index contributed by atoms with van der Waals surface area (Å²) in [4.78, 5) is 12.3. The summed E-state index contributed by atoms with van der Waals surface area (Å²) in [6.07, 6.45) is 2.40. The van der Waals surface area contributed by atoms with Crippen LogP contribution < -0.4 is 5.63 Å². The van der Waals surface area contributed by atoms with Crippen LogP contribution in [0.25, 0.3) is 32.7 Å². The van der Waals surface area contributed by atoms with Gasteiger partial charge in [0, 0.05) is 10.9 Å². The average Bonchev–Trinajstić information content (AvgIpc) is 2.92. The summed E-state index contributed by atoms with van der Waals surface area (Å²) in [7, 11) is 0. The lowest BCUT2D eigenvalue weighted by atomic mass is 10.0. The molecule has 0 amide bonds. The summed E-state index contributed by atoms with van der Waals surface area (Å²) in [5, 5.41) is 3.45. The van der Waals surface area contributed by atoms with Crippen LogP contribution >= 0.6 is 0 Å². The molecule has 0 aliphatic rings. The smallest absolute Gasteiger partial charge is 0.347 e. The van der Waals surface area contributed by atoms with E-state index in [1.165, 1.54) is 0 Å². The van der Waals surface area contributed by atoms with Gasteiger partial charge in [0.05, 0.1) is 11.6 Å². The Hall–Kier alpha value is -2.55. The van der Waals surface area contributed by atoms with Crippen LogP contribution in [0.1, 0.15) is 18.1 Å². The molecule has 104 valence electrons. The molecule has 2 aromatic heterocycles. The lowest BCUT2D eigenvalue weighted by Gasteiger charge is -2.05. The predicted octanol–water partition coefficient (Wildman–Crippen LogP) is 4.56. The van der Waals surface area contributed by atoms with Crippen molar-refractivity contribution in [2.24, 2.45) is 0 Å². The number of hydrogen-bond donors (Lipinski definition) is 0. The van der Waals surface area contributed by atoms with Crippen molar-refractivity contribution in [1.29, 1.82) is 0 Å². The number of hydrogen-bond acceptors (Lipinski definition) is 3. The molecule has 2 heterocycles. The first-order valence-corrected chi connectivity index (χ1v) is 7.06. The molecule has 0 N–H and O–H groups in total. The van der Waals surface area contributed by atoms with Crippen molar-refractivity contribution < 1.29 is 8.83 Å². The van der Waals surface area contributed by atoms with E-state index in [1.54, 1.807) is 6.26 Å². The van der Waals surface area contributed by atoms with Crippen molar-refractivity contribution in [3.05, 3.63) is 58.1 Å². The normalized spacial score (nSPS) is 11.7. The van der Waals surface area contributed by atoms with Gasteiger partial charge in [-0.25, -0.2) is 4.79 Å². The van der Waals surface area contributed by atoms with E-state index < -0.39 is 0 Å². The van der Waals surface area contributed by atoms with Crippen molar-refractivity contribution in [3.63, 3.8) is 0 Å². The van der Waals surface area contributed by atoms with Crippen LogP contribution in [0.2, 0.25) is 0 Å². The van der Waals surface area contributed by atoms with Crippen molar-refractivity contribution in [3.8, 4) is 0 Å². The molecule has 0 aliphatic carbocycles. The van der Waals surface area contributed by atoms with Gasteiger partial charge in [-0.1, -0.05) is 31.2 Å². The Morgan fingerprint density at radius 3 is 2.62 bits per heavy atom. The Kier molecular flexibility index (Phi) is 2.45. The fourth-order valence-electron chi connectivity index (χ4n) is 3.00. The van der Waals surface area contributed by atoms with Crippen LogP contribution in [-0.2, 0) is 6.42 Å². The minimum absolute atomic E-state index is 0.322. The number of benzene rings is 2. The molecular formula is C18H14O3. The summed E-state index contributed by atoms with van der Waals surface area (Å²) >= 11 is 0. The quantitative estimate of drug-likeness (QED) is 0.378. The number of aryl methyl sites for hydroxylation is 2. The molecule has 0 saturated carbocycles. The molecule has 4 aromatic rings. The third kappa shape index (κ3) is 1.57. The van der Waals surface area contributed by atoms with Crippen molar-refractivity contribution in [2.45, 2.75) is 20.3 Å². The number of fused-ring (bicyclic) bond motifs is 5. The second-order valence-electron chi connectivity index (χ2n) is 5.32. The summed E-state index contributed by atoms with van der Waals surface area (Å²) in [5.74, 6) is 0. The zero-order chi connectivity index (χ0) is 14.6. The van der Waals surface area contributed by atoms with E-state index in [0.29, 0.717) is 16.6 Å². The van der Waals surface area contributed by atoms with Crippen LogP contribution in [-0.4, -0.2) is 0 Å². The van der Waals surface area contributed by atoms with E-state index in [4.69, 9.17) is 8.83 Å². The molecule has 3 nitrogen and oxygen atoms in total. The molecule has 0 radical (unpaired) electrons. The summed E-state index contributed by atoms with van der Waals surface area (Å²) in [5.41, 5.74) is 2.96. The lowest BCUT2D eigenvalue weighted by Crippen LogP contribution is -2.00. The lowest BCUT2D eigenvalue weighted by molar-refractivity contribution is 0.567. The second-order valence-corrected chi connectivity index (χ2v) is 5.32. The summed E-state index contributed by atoms with van der Waals surface area (Å²) in [6.45, 7) is 4.05. The fourth-order valence-corrected chi connectivity index (χ4v) is 3.00. The van der Waals surface area contributed by atoms with E-state index in [9.17, 15) is 4.79 Å². The molecule has 0 saturated heterocycles. The molecule has 4 rings (SSSR count). The largest absolute Gasteiger partial charge is 0.463 e. The van der Waals surface area contributed by atoms with Gasteiger partial charge in [-0.3, -0.25) is 0 Å². The van der Waals surface area contributed by atoms with E-state index in [1.807, 2.05) is 38.1 Å². The highest BCUT2D eigenvalue weighted by Gasteiger charge is 2.16. The van der Waals surface area contributed by atoms with Crippen molar-refractivity contribution >= 4 is 32.7 Å². The zero-order valence-corrected chi connectivity index (χ0v) is 11.9. The van der Waals surface area contributed by atoms with Gasteiger partial charge in [0.15, 0.2) is 5.58 Å². The molecule has 2 aromatic carbocycles. The Bertz CT molecular complexity index is 1050. The number of rotatable bonds is 1. The highest BCUT2D eigenvalue weighted by Crippen LogP contribution is 2.32. The monoisotopic (exact) mass is 278 g/mol. The van der Waals surface area contributed by atoms with E-state index in [0.717, 1.165) is 33.7 Å². The second kappa shape index (κ2) is 4.22. The maximum absolute atomic E-state index is 12.3. The Morgan fingerprint density at radius 2 is 1.81 bits per heavy atom. The van der Waals surface area contributed by atoms with Gasteiger partial charge in [-0.05, 0) is 30.4 Å². The predicted molar refractivity (Wildman–Crippen MR) is 83.9 cm³/mol. The molecule has 0 fully saturated rings. The molecule has 0 bridgehead atoms. The maximum atomic E-state index is 12.3. The van der Waals surface area contributed by atoms with E-state index >= 15 is 0 Å². The van der Waals surface area contributed by atoms with Gasteiger partial charge >= 0.3 is 5.63 Å². The van der Waals surface area contributed by atoms with Crippen LogP contribution in [0.5, 0.6) is 0 Å². The Balaban J connectivity index is 2.30.